The molecule has 1 saturated heterocycles. The van der Waals surface area contributed by atoms with Crippen LogP contribution in [0, 0.1) is 0 Å². The second-order valence-electron chi connectivity index (χ2n) is 5.80. The molecule has 1 fully saturated rings. The fraction of sp³-hybridized carbons (Fsp3) is 0.647. The van der Waals surface area contributed by atoms with Gasteiger partial charge in [0.2, 0.25) is 0 Å². The van der Waals surface area contributed by atoms with E-state index in [1.165, 1.54) is 31.5 Å². The Balaban J connectivity index is 1.81. The predicted octanol–water partition coefficient (Wildman–Crippen LogP) is 3.22. The summed E-state index contributed by atoms with van der Waals surface area (Å²) in [5, 5.41) is 3.69. The molecule has 1 aliphatic heterocycles. The van der Waals surface area contributed by atoms with Crippen LogP contribution in [0.4, 0.5) is 0 Å². The molecule has 3 nitrogen and oxygen atoms in total. The first-order valence-electron chi connectivity index (χ1n) is 7.90. The quantitative estimate of drug-likeness (QED) is 0.827. The molecule has 0 spiro atoms. The summed E-state index contributed by atoms with van der Waals surface area (Å²) in [5.41, 5.74) is 1.32. The Hall–Kier alpha value is -1.06. The molecule has 1 aromatic carbocycles. The van der Waals surface area contributed by atoms with Crippen LogP contribution < -0.4 is 10.1 Å². The first kappa shape index (κ1) is 15.3. The molecule has 0 bridgehead atoms. The largest absolute Gasteiger partial charge is 0.494 e. The minimum atomic E-state index is 0.378. The topological polar surface area (TPSA) is 24.5 Å². The van der Waals surface area contributed by atoms with Gasteiger partial charge in [-0.1, -0.05) is 12.1 Å². The summed E-state index contributed by atoms with van der Waals surface area (Å²) < 4.78 is 5.48. The molecule has 20 heavy (non-hydrogen) atoms. The van der Waals surface area contributed by atoms with Crippen molar-refractivity contribution in [1.29, 1.82) is 0 Å². The molecule has 3 heteroatoms. The average molecular weight is 276 g/mol. The molecule has 1 N–H and O–H groups in total. The summed E-state index contributed by atoms with van der Waals surface area (Å²) in [6, 6.07) is 9.33. The van der Waals surface area contributed by atoms with Crippen LogP contribution in [0.25, 0.3) is 0 Å². The maximum absolute atomic E-state index is 5.48. The number of ether oxygens (including phenoxy) is 1. The molecule has 112 valence electrons. The smallest absolute Gasteiger partial charge is 0.119 e. The molecule has 2 rings (SSSR count). The minimum Gasteiger partial charge on any atom is -0.494 e. The highest BCUT2D eigenvalue weighted by Gasteiger charge is 2.16. The van der Waals surface area contributed by atoms with Gasteiger partial charge in [0.05, 0.1) is 6.61 Å². The lowest BCUT2D eigenvalue weighted by atomic mass is 10.1. The molecule has 0 radical (unpaired) electrons. The van der Waals surface area contributed by atoms with Crippen LogP contribution in [0.2, 0.25) is 0 Å². The van der Waals surface area contributed by atoms with E-state index in [9.17, 15) is 0 Å². The fourth-order valence-corrected chi connectivity index (χ4v) is 2.95. The lowest BCUT2D eigenvalue weighted by Gasteiger charge is -2.25. The third-order valence-corrected chi connectivity index (χ3v) is 3.96. The van der Waals surface area contributed by atoms with E-state index in [1.807, 2.05) is 6.92 Å². The van der Waals surface area contributed by atoms with Gasteiger partial charge >= 0.3 is 0 Å². The SMILES string of the molecule is CCOc1ccc(C(C)NC(C)CN2CCCC2)cc1. The second-order valence-corrected chi connectivity index (χ2v) is 5.80. The minimum absolute atomic E-state index is 0.378. The Bertz CT molecular complexity index is 384. The van der Waals surface area contributed by atoms with Gasteiger partial charge in [-0.2, -0.15) is 0 Å². The number of rotatable bonds is 7. The fourth-order valence-electron chi connectivity index (χ4n) is 2.95. The summed E-state index contributed by atoms with van der Waals surface area (Å²) >= 11 is 0. The van der Waals surface area contributed by atoms with Crippen molar-refractivity contribution in [2.75, 3.05) is 26.2 Å². The third kappa shape index (κ3) is 4.50. The van der Waals surface area contributed by atoms with Crippen molar-refractivity contribution in [2.45, 2.75) is 45.7 Å². The summed E-state index contributed by atoms with van der Waals surface area (Å²) in [6.45, 7) is 10.9. The van der Waals surface area contributed by atoms with Crippen molar-refractivity contribution in [1.82, 2.24) is 10.2 Å². The zero-order valence-electron chi connectivity index (χ0n) is 13.1. The van der Waals surface area contributed by atoms with E-state index >= 15 is 0 Å². The molecule has 0 saturated carbocycles. The zero-order valence-corrected chi connectivity index (χ0v) is 13.1. The van der Waals surface area contributed by atoms with Crippen molar-refractivity contribution in [3.63, 3.8) is 0 Å². The molecule has 1 aromatic rings. The molecule has 1 heterocycles. The highest BCUT2D eigenvalue weighted by Crippen LogP contribution is 2.18. The Morgan fingerprint density at radius 3 is 2.40 bits per heavy atom. The normalized spacial score (nSPS) is 18.9. The number of benzene rings is 1. The summed E-state index contributed by atoms with van der Waals surface area (Å²) in [6.07, 6.45) is 2.72. The number of hydrogen-bond donors (Lipinski definition) is 1. The van der Waals surface area contributed by atoms with E-state index < -0.39 is 0 Å². The highest BCUT2D eigenvalue weighted by atomic mass is 16.5. The summed E-state index contributed by atoms with van der Waals surface area (Å²) in [4.78, 5) is 2.56. The van der Waals surface area contributed by atoms with Crippen molar-refractivity contribution in [3.8, 4) is 5.75 Å². The molecule has 0 amide bonds. The van der Waals surface area contributed by atoms with Crippen LogP contribution >= 0.6 is 0 Å². The first-order valence-corrected chi connectivity index (χ1v) is 7.90. The van der Waals surface area contributed by atoms with Crippen molar-refractivity contribution < 1.29 is 4.74 Å². The number of nitrogens with one attached hydrogen (secondary N) is 1. The Morgan fingerprint density at radius 1 is 1.15 bits per heavy atom. The van der Waals surface area contributed by atoms with Crippen LogP contribution in [-0.4, -0.2) is 37.2 Å². The number of hydrogen-bond acceptors (Lipinski definition) is 3. The van der Waals surface area contributed by atoms with E-state index in [1.54, 1.807) is 0 Å². The monoisotopic (exact) mass is 276 g/mol. The molecular formula is C17H28N2O. The van der Waals surface area contributed by atoms with Gasteiger partial charge in [0, 0.05) is 18.6 Å². The molecular weight excluding hydrogens is 248 g/mol. The zero-order chi connectivity index (χ0) is 14.4. The van der Waals surface area contributed by atoms with Gasteiger partial charge in [0.15, 0.2) is 0 Å². The Kier molecular flexibility index (Phi) is 5.86. The van der Waals surface area contributed by atoms with Crippen LogP contribution in [0.15, 0.2) is 24.3 Å². The predicted molar refractivity (Wildman–Crippen MR) is 84.3 cm³/mol. The lowest BCUT2D eigenvalue weighted by molar-refractivity contribution is 0.289. The molecule has 2 unspecified atom stereocenters. The number of nitrogens with zero attached hydrogens (tertiary/aromatic N) is 1. The highest BCUT2D eigenvalue weighted by molar-refractivity contribution is 5.28. The van der Waals surface area contributed by atoms with Crippen LogP contribution in [0.3, 0.4) is 0 Å². The molecule has 0 aliphatic carbocycles. The van der Waals surface area contributed by atoms with Gasteiger partial charge in [0.1, 0.15) is 5.75 Å². The summed E-state index contributed by atoms with van der Waals surface area (Å²) in [7, 11) is 0. The van der Waals surface area contributed by atoms with E-state index in [-0.39, 0.29) is 0 Å². The van der Waals surface area contributed by atoms with Crippen molar-refractivity contribution in [3.05, 3.63) is 29.8 Å². The van der Waals surface area contributed by atoms with Gasteiger partial charge < -0.3 is 15.0 Å². The lowest BCUT2D eigenvalue weighted by Crippen LogP contribution is -2.39. The van der Waals surface area contributed by atoms with E-state index in [4.69, 9.17) is 4.74 Å². The molecule has 2 atom stereocenters. The van der Waals surface area contributed by atoms with Crippen LogP contribution in [-0.2, 0) is 0 Å². The van der Waals surface area contributed by atoms with Gasteiger partial charge in [-0.3, -0.25) is 0 Å². The third-order valence-electron chi connectivity index (χ3n) is 3.96. The van der Waals surface area contributed by atoms with Crippen molar-refractivity contribution in [2.24, 2.45) is 0 Å². The Morgan fingerprint density at radius 2 is 1.80 bits per heavy atom. The van der Waals surface area contributed by atoms with Gasteiger partial charge in [-0.05, 0) is 64.4 Å². The summed E-state index contributed by atoms with van der Waals surface area (Å²) in [5.74, 6) is 0.952. The first-order chi connectivity index (χ1) is 9.69. The number of likely N-dealkylation sites (tertiary alicyclic amines) is 1. The standard InChI is InChI=1S/C17H28N2O/c1-4-20-17-9-7-16(8-10-17)15(3)18-14(2)13-19-11-5-6-12-19/h7-10,14-15,18H,4-6,11-13H2,1-3H3. The average Bonchev–Trinajstić information content (AvgIpc) is 2.92. The van der Waals surface area contributed by atoms with Crippen LogP contribution in [0.5, 0.6) is 5.75 Å². The molecule has 0 aromatic heterocycles. The van der Waals surface area contributed by atoms with E-state index in [0.717, 1.165) is 18.9 Å². The van der Waals surface area contributed by atoms with Gasteiger partial charge in [0.25, 0.3) is 0 Å². The van der Waals surface area contributed by atoms with Crippen molar-refractivity contribution >= 4 is 0 Å². The van der Waals surface area contributed by atoms with E-state index in [2.05, 4.69) is 48.3 Å². The van der Waals surface area contributed by atoms with E-state index in [0.29, 0.717) is 12.1 Å². The Labute approximate surface area is 123 Å². The molecule has 1 aliphatic rings. The van der Waals surface area contributed by atoms with Gasteiger partial charge in [-0.25, -0.2) is 0 Å². The van der Waals surface area contributed by atoms with Gasteiger partial charge in [-0.15, -0.1) is 0 Å². The second kappa shape index (κ2) is 7.65. The maximum atomic E-state index is 5.48. The van der Waals surface area contributed by atoms with Crippen LogP contribution in [0.1, 0.15) is 45.2 Å². The maximum Gasteiger partial charge on any atom is 0.119 e.